The number of anilines is 2. The number of ketones is 1. The van der Waals surface area contributed by atoms with E-state index < -0.39 is 11.0 Å². The second-order valence-electron chi connectivity index (χ2n) is 6.57. The molecule has 1 atom stereocenters. The monoisotopic (exact) mass is 417 g/mol. The Labute approximate surface area is 177 Å². The zero-order chi connectivity index (χ0) is 22.4. The molecule has 1 heterocycles. The van der Waals surface area contributed by atoms with Crippen molar-refractivity contribution in [2.45, 2.75) is 6.04 Å². The lowest BCUT2D eigenvalue weighted by atomic mass is 10.0. The van der Waals surface area contributed by atoms with Crippen LogP contribution in [0.3, 0.4) is 0 Å². The van der Waals surface area contributed by atoms with E-state index >= 15 is 0 Å². The third-order valence-corrected chi connectivity index (χ3v) is 4.47. The van der Waals surface area contributed by atoms with E-state index in [1.165, 1.54) is 42.6 Å². The van der Waals surface area contributed by atoms with E-state index in [9.17, 15) is 19.7 Å². The van der Waals surface area contributed by atoms with Gasteiger partial charge in [0.05, 0.1) is 16.7 Å². The van der Waals surface area contributed by atoms with E-state index in [1.54, 1.807) is 36.4 Å². The number of rotatable bonds is 7. The van der Waals surface area contributed by atoms with Gasteiger partial charge in [-0.15, -0.1) is 0 Å². The highest BCUT2D eigenvalue weighted by Gasteiger charge is 2.15. The molecule has 0 aliphatic carbocycles. The molecular formula is C22H19N5O4. The van der Waals surface area contributed by atoms with Gasteiger partial charge < -0.3 is 16.8 Å². The van der Waals surface area contributed by atoms with Crippen molar-refractivity contribution >= 4 is 35.0 Å². The molecule has 0 saturated heterocycles. The van der Waals surface area contributed by atoms with E-state index in [2.05, 4.69) is 10.3 Å². The van der Waals surface area contributed by atoms with Gasteiger partial charge >= 0.3 is 0 Å². The second-order valence-corrected chi connectivity index (χ2v) is 6.57. The molecule has 3 rings (SSSR count). The summed E-state index contributed by atoms with van der Waals surface area (Å²) in [6.45, 7) is 0. The fraction of sp³-hybridized carbons (Fsp3) is 0.0455. The molecule has 0 fully saturated rings. The Balaban J connectivity index is 1.64. The third-order valence-electron chi connectivity index (χ3n) is 4.47. The Hall–Kier alpha value is -4.37. The standard InChI is InChI=1S/C22H19N5O4/c23-20(19(28)12-5-14-3-10-17(11-4-14)27(30)31)15-6-8-16(9-7-15)22(29)26-18-2-1-13-25-21(18)24/h1-13,20H,23H2,(H2,24,25)(H,26,29)/b12-5+. The van der Waals surface area contributed by atoms with Crippen LogP contribution in [0.2, 0.25) is 0 Å². The molecule has 0 saturated carbocycles. The number of hydrogen-bond donors (Lipinski definition) is 3. The number of carbonyl (C=O) groups is 2. The van der Waals surface area contributed by atoms with Gasteiger partial charge in [0.15, 0.2) is 5.78 Å². The summed E-state index contributed by atoms with van der Waals surface area (Å²) < 4.78 is 0. The number of nitrogen functional groups attached to an aromatic ring is 1. The third kappa shape index (κ3) is 5.37. The van der Waals surface area contributed by atoms with Crippen molar-refractivity contribution in [1.29, 1.82) is 0 Å². The average Bonchev–Trinajstić information content (AvgIpc) is 2.78. The Morgan fingerprint density at radius 2 is 1.74 bits per heavy atom. The van der Waals surface area contributed by atoms with Crippen molar-refractivity contribution in [1.82, 2.24) is 4.98 Å². The van der Waals surface area contributed by atoms with Gasteiger partial charge in [-0.2, -0.15) is 0 Å². The van der Waals surface area contributed by atoms with Gasteiger partial charge in [-0.1, -0.05) is 18.2 Å². The highest BCUT2D eigenvalue weighted by atomic mass is 16.6. The molecule has 3 aromatic rings. The lowest BCUT2D eigenvalue weighted by molar-refractivity contribution is -0.384. The first kappa shape index (κ1) is 21.3. The van der Waals surface area contributed by atoms with Crippen molar-refractivity contribution in [3.05, 3.63) is 99.7 Å². The molecule has 1 aromatic heterocycles. The summed E-state index contributed by atoms with van der Waals surface area (Å²) in [5, 5.41) is 13.3. The first-order valence-electron chi connectivity index (χ1n) is 9.19. The molecule has 0 bridgehead atoms. The smallest absolute Gasteiger partial charge is 0.269 e. The number of nitrogens with one attached hydrogen (secondary N) is 1. The molecule has 0 aliphatic heterocycles. The van der Waals surface area contributed by atoms with Gasteiger partial charge in [0, 0.05) is 23.9 Å². The quantitative estimate of drug-likeness (QED) is 0.303. The maximum Gasteiger partial charge on any atom is 0.269 e. The van der Waals surface area contributed by atoms with Crippen molar-refractivity contribution in [3.63, 3.8) is 0 Å². The fourth-order valence-electron chi connectivity index (χ4n) is 2.71. The van der Waals surface area contributed by atoms with Crippen LogP contribution >= 0.6 is 0 Å². The number of aromatic nitrogens is 1. The Kier molecular flexibility index (Phi) is 6.48. The summed E-state index contributed by atoms with van der Waals surface area (Å²) in [5.74, 6) is -0.511. The molecule has 1 amide bonds. The van der Waals surface area contributed by atoms with E-state index in [0.717, 1.165) is 0 Å². The van der Waals surface area contributed by atoms with Crippen LogP contribution < -0.4 is 16.8 Å². The van der Waals surface area contributed by atoms with Crippen LogP contribution in [0.4, 0.5) is 17.2 Å². The number of nitro groups is 1. The molecule has 156 valence electrons. The summed E-state index contributed by atoms with van der Waals surface area (Å²) in [7, 11) is 0. The highest BCUT2D eigenvalue weighted by Crippen LogP contribution is 2.18. The number of benzene rings is 2. The molecule has 9 nitrogen and oxygen atoms in total. The maximum atomic E-state index is 12.4. The zero-order valence-electron chi connectivity index (χ0n) is 16.3. The summed E-state index contributed by atoms with van der Waals surface area (Å²) in [5.41, 5.74) is 13.6. The Bertz CT molecular complexity index is 1140. The number of amides is 1. The summed E-state index contributed by atoms with van der Waals surface area (Å²) in [4.78, 5) is 38.8. The number of hydrogen-bond acceptors (Lipinski definition) is 7. The fourth-order valence-corrected chi connectivity index (χ4v) is 2.71. The van der Waals surface area contributed by atoms with Crippen LogP contribution in [-0.4, -0.2) is 21.6 Å². The SMILES string of the molecule is Nc1ncccc1NC(=O)c1ccc(C(N)C(=O)/C=C/c2ccc([N+](=O)[O-])cc2)cc1. The van der Waals surface area contributed by atoms with Gasteiger partial charge in [0.2, 0.25) is 0 Å². The Morgan fingerprint density at radius 3 is 2.35 bits per heavy atom. The number of nitrogens with zero attached hydrogens (tertiary/aromatic N) is 2. The first-order chi connectivity index (χ1) is 14.8. The average molecular weight is 417 g/mol. The summed E-state index contributed by atoms with van der Waals surface area (Å²) >= 11 is 0. The molecule has 31 heavy (non-hydrogen) atoms. The first-order valence-corrected chi connectivity index (χ1v) is 9.19. The number of nitro benzene ring substituents is 1. The molecule has 1 unspecified atom stereocenters. The minimum atomic E-state index is -0.916. The lowest BCUT2D eigenvalue weighted by Gasteiger charge is -2.10. The normalized spacial score (nSPS) is 11.8. The van der Waals surface area contributed by atoms with Crippen LogP contribution in [0.5, 0.6) is 0 Å². The zero-order valence-corrected chi connectivity index (χ0v) is 16.3. The molecule has 0 aliphatic rings. The van der Waals surface area contributed by atoms with Gasteiger partial charge in [-0.25, -0.2) is 4.98 Å². The second kappa shape index (κ2) is 9.42. The minimum absolute atomic E-state index is 0.0319. The summed E-state index contributed by atoms with van der Waals surface area (Å²) in [6, 6.07) is 14.5. The van der Waals surface area contributed by atoms with Crippen LogP contribution in [0.25, 0.3) is 6.08 Å². The van der Waals surface area contributed by atoms with Crippen LogP contribution in [0, 0.1) is 10.1 Å². The molecule has 5 N–H and O–H groups in total. The lowest BCUT2D eigenvalue weighted by Crippen LogP contribution is -2.20. The number of nitrogens with two attached hydrogens (primary N) is 2. The van der Waals surface area contributed by atoms with Gasteiger partial charge in [-0.3, -0.25) is 19.7 Å². The summed E-state index contributed by atoms with van der Waals surface area (Å²) in [6.07, 6.45) is 4.37. The Morgan fingerprint density at radius 1 is 1.06 bits per heavy atom. The molecular weight excluding hydrogens is 398 g/mol. The molecule has 0 radical (unpaired) electrons. The van der Waals surface area contributed by atoms with Gasteiger partial charge in [-0.05, 0) is 53.6 Å². The number of non-ortho nitro benzene ring substituents is 1. The molecule has 0 spiro atoms. The minimum Gasteiger partial charge on any atom is -0.382 e. The largest absolute Gasteiger partial charge is 0.382 e. The van der Waals surface area contributed by atoms with Crippen molar-refractivity contribution in [2.75, 3.05) is 11.1 Å². The van der Waals surface area contributed by atoms with E-state index in [1.807, 2.05) is 0 Å². The van der Waals surface area contributed by atoms with Crippen LogP contribution in [0.15, 0.2) is 72.9 Å². The van der Waals surface area contributed by atoms with E-state index in [0.29, 0.717) is 22.4 Å². The number of carbonyl (C=O) groups excluding carboxylic acids is 2. The molecule has 2 aromatic carbocycles. The predicted molar refractivity (Wildman–Crippen MR) is 117 cm³/mol. The van der Waals surface area contributed by atoms with Crippen molar-refractivity contribution in [2.24, 2.45) is 5.73 Å². The van der Waals surface area contributed by atoms with Gasteiger partial charge in [0.1, 0.15) is 5.82 Å². The molecule has 9 heteroatoms. The highest BCUT2D eigenvalue weighted by molar-refractivity contribution is 6.05. The van der Waals surface area contributed by atoms with E-state index in [4.69, 9.17) is 11.5 Å². The van der Waals surface area contributed by atoms with Crippen LogP contribution in [-0.2, 0) is 4.79 Å². The maximum absolute atomic E-state index is 12.4. The van der Waals surface area contributed by atoms with Gasteiger partial charge in [0.25, 0.3) is 11.6 Å². The van der Waals surface area contributed by atoms with E-state index in [-0.39, 0.29) is 23.2 Å². The number of pyridine rings is 1. The predicted octanol–water partition coefficient (Wildman–Crippen LogP) is 3.11. The van der Waals surface area contributed by atoms with Crippen LogP contribution in [0.1, 0.15) is 27.5 Å². The van der Waals surface area contributed by atoms with Crippen molar-refractivity contribution < 1.29 is 14.5 Å². The van der Waals surface area contributed by atoms with Crippen molar-refractivity contribution in [3.8, 4) is 0 Å². The topological polar surface area (TPSA) is 154 Å².